The average molecular weight is 619 g/mol. The van der Waals surface area contributed by atoms with Crippen LogP contribution >= 0.6 is 23.2 Å². The molecule has 3 aromatic carbocycles. The van der Waals surface area contributed by atoms with Gasteiger partial charge in [-0.15, -0.1) is 0 Å². The predicted molar refractivity (Wildman–Crippen MR) is 166 cm³/mol. The van der Waals surface area contributed by atoms with Gasteiger partial charge in [-0.25, -0.2) is 8.42 Å². The molecule has 0 fully saturated rings. The zero-order valence-corrected chi connectivity index (χ0v) is 26.4. The first-order valence-corrected chi connectivity index (χ1v) is 15.7. The lowest BCUT2D eigenvalue weighted by Gasteiger charge is -2.33. The summed E-state index contributed by atoms with van der Waals surface area (Å²) in [6.45, 7) is 9.48. The van der Waals surface area contributed by atoms with Crippen molar-refractivity contribution in [2.45, 2.75) is 58.5 Å². The molecule has 0 aliphatic heterocycles. The van der Waals surface area contributed by atoms with Crippen molar-refractivity contribution in [3.05, 3.63) is 93.5 Å². The van der Waals surface area contributed by atoms with Crippen LogP contribution in [-0.4, -0.2) is 44.3 Å². The number of hydrogen-bond acceptors (Lipinski definition) is 4. The maximum Gasteiger partial charge on any atom is 0.264 e. The first kappa shape index (κ1) is 32.4. The van der Waals surface area contributed by atoms with E-state index in [-0.39, 0.29) is 29.0 Å². The number of rotatable bonds is 12. The van der Waals surface area contributed by atoms with Crippen molar-refractivity contribution in [3.63, 3.8) is 0 Å². The summed E-state index contributed by atoms with van der Waals surface area (Å²) >= 11 is 12.5. The summed E-state index contributed by atoms with van der Waals surface area (Å²) in [4.78, 5) is 28.9. The molecule has 0 aromatic heterocycles. The number of halogens is 2. The molecule has 3 aromatic rings. The lowest BCUT2D eigenvalue weighted by Crippen LogP contribution is -2.52. The van der Waals surface area contributed by atoms with E-state index in [9.17, 15) is 18.0 Å². The normalized spacial score (nSPS) is 12.2. The summed E-state index contributed by atoms with van der Waals surface area (Å²) in [6, 6.07) is 17.5. The molecule has 0 saturated carbocycles. The van der Waals surface area contributed by atoms with Gasteiger partial charge >= 0.3 is 0 Å². The number of anilines is 1. The van der Waals surface area contributed by atoms with Gasteiger partial charge in [0.1, 0.15) is 12.6 Å². The first-order valence-electron chi connectivity index (χ1n) is 13.5. The van der Waals surface area contributed by atoms with Crippen molar-refractivity contribution < 1.29 is 18.0 Å². The van der Waals surface area contributed by atoms with E-state index in [0.717, 1.165) is 21.0 Å². The standard InChI is InChI=1S/C31H37Cl2N3O4S/c1-6-29(31(38)34-18-21(2)3)35(19-24-10-12-25(32)13-11-24)30(37)20-36(26-14-9-23(5)28(33)17-26)41(39,40)27-15-7-22(4)8-16-27/h7-17,21,29H,6,18-20H2,1-5H3,(H,34,38)/t29-/m0/s1. The predicted octanol–water partition coefficient (Wildman–Crippen LogP) is 6.39. The van der Waals surface area contributed by atoms with Gasteiger partial charge in [0.15, 0.2) is 0 Å². The highest BCUT2D eigenvalue weighted by atomic mass is 35.5. The maximum atomic E-state index is 14.1. The van der Waals surface area contributed by atoms with E-state index in [1.165, 1.54) is 23.1 Å². The Hall–Kier alpha value is -3.07. The van der Waals surface area contributed by atoms with Crippen LogP contribution in [0.2, 0.25) is 10.0 Å². The molecule has 0 saturated heterocycles. The summed E-state index contributed by atoms with van der Waals surface area (Å²) in [5.41, 5.74) is 2.67. The fourth-order valence-electron chi connectivity index (χ4n) is 4.23. The van der Waals surface area contributed by atoms with Crippen LogP contribution in [0.4, 0.5) is 5.69 Å². The third kappa shape index (κ3) is 8.47. The zero-order valence-electron chi connectivity index (χ0n) is 24.0. The number of amides is 2. The topological polar surface area (TPSA) is 86.8 Å². The van der Waals surface area contributed by atoms with Crippen molar-refractivity contribution in [1.82, 2.24) is 10.2 Å². The molecule has 0 bridgehead atoms. The van der Waals surface area contributed by atoms with Gasteiger partial charge in [-0.2, -0.15) is 0 Å². The van der Waals surface area contributed by atoms with E-state index in [0.29, 0.717) is 23.0 Å². The quantitative estimate of drug-likeness (QED) is 0.255. The Morgan fingerprint density at radius 3 is 2.12 bits per heavy atom. The molecule has 0 aliphatic carbocycles. The van der Waals surface area contributed by atoms with Crippen LogP contribution in [0.5, 0.6) is 0 Å². The lowest BCUT2D eigenvalue weighted by molar-refractivity contribution is -0.140. The van der Waals surface area contributed by atoms with Crippen molar-refractivity contribution >= 4 is 50.7 Å². The average Bonchev–Trinajstić information content (AvgIpc) is 2.93. The molecule has 1 N–H and O–H groups in total. The Morgan fingerprint density at radius 2 is 1.56 bits per heavy atom. The Labute approximate surface area is 253 Å². The molecular weight excluding hydrogens is 581 g/mol. The van der Waals surface area contributed by atoms with E-state index in [2.05, 4.69) is 5.32 Å². The van der Waals surface area contributed by atoms with Crippen molar-refractivity contribution in [2.24, 2.45) is 5.92 Å². The first-order chi connectivity index (χ1) is 19.3. The molecule has 0 heterocycles. The highest BCUT2D eigenvalue weighted by Crippen LogP contribution is 2.29. The van der Waals surface area contributed by atoms with E-state index < -0.39 is 28.5 Å². The van der Waals surface area contributed by atoms with Crippen LogP contribution in [0.15, 0.2) is 71.6 Å². The minimum atomic E-state index is -4.17. The number of aryl methyl sites for hydroxylation is 2. The van der Waals surface area contributed by atoms with Crippen molar-refractivity contribution in [3.8, 4) is 0 Å². The van der Waals surface area contributed by atoms with Crippen LogP contribution in [0.1, 0.15) is 43.9 Å². The fraction of sp³-hybridized carbons (Fsp3) is 0.355. The number of nitrogens with zero attached hydrogens (tertiary/aromatic N) is 2. The summed E-state index contributed by atoms with van der Waals surface area (Å²) in [7, 11) is -4.17. The van der Waals surface area contributed by atoms with Crippen molar-refractivity contribution in [2.75, 3.05) is 17.4 Å². The Balaban J connectivity index is 2.06. The van der Waals surface area contributed by atoms with Gasteiger partial charge in [0.25, 0.3) is 10.0 Å². The van der Waals surface area contributed by atoms with E-state index >= 15 is 0 Å². The number of carbonyl (C=O) groups excluding carboxylic acids is 2. The van der Waals surface area contributed by atoms with Crippen LogP contribution in [0.3, 0.4) is 0 Å². The second-order valence-electron chi connectivity index (χ2n) is 10.5. The summed E-state index contributed by atoms with van der Waals surface area (Å²) in [5.74, 6) is -0.605. The van der Waals surface area contributed by atoms with Crippen molar-refractivity contribution in [1.29, 1.82) is 0 Å². The smallest absolute Gasteiger partial charge is 0.264 e. The molecule has 10 heteroatoms. The van der Waals surface area contributed by atoms with Crippen LogP contribution < -0.4 is 9.62 Å². The van der Waals surface area contributed by atoms with Gasteiger partial charge in [-0.05, 0) is 73.7 Å². The molecule has 0 aliphatic rings. The number of nitrogens with one attached hydrogen (secondary N) is 1. The molecule has 0 radical (unpaired) electrons. The molecule has 0 unspecified atom stereocenters. The SMILES string of the molecule is CC[C@@H](C(=O)NCC(C)C)N(Cc1ccc(Cl)cc1)C(=O)CN(c1ccc(C)c(Cl)c1)S(=O)(=O)c1ccc(C)cc1. The highest BCUT2D eigenvalue weighted by molar-refractivity contribution is 7.92. The van der Waals surface area contributed by atoms with Gasteiger partial charge in [-0.1, -0.05) is 79.9 Å². The number of benzene rings is 3. The van der Waals surface area contributed by atoms with Gasteiger partial charge in [-0.3, -0.25) is 13.9 Å². The zero-order chi connectivity index (χ0) is 30.3. The minimum absolute atomic E-state index is 0.0403. The third-order valence-electron chi connectivity index (χ3n) is 6.67. The fourth-order valence-corrected chi connectivity index (χ4v) is 5.94. The Bertz CT molecular complexity index is 1460. The molecular formula is C31H37Cl2N3O4S. The van der Waals surface area contributed by atoms with Crippen LogP contribution in [0, 0.1) is 19.8 Å². The largest absolute Gasteiger partial charge is 0.354 e. The number of hydrogen-bond donors (Lipinski definition) is 1. The second kappa shape index (κ2) is 14.2. The summed E-state index contributed by atoms with van der Waals surface area (Å²) in [5, 5.41) is 3.83. The molecule has 3 rings (SSSR count). The van der Waals surface area contributed by atoms with E-state index in [1.54, 1.807) is 48.5 Å². The number of carbonyl (C=O) groups is 2. The van der Waals surface area contributed by atoms with Gasteiger partial charge < -0.3 is 10.2 Å². The maximum absolute atomic E-state index is 14.1. The molecule has 7 nitrogen and oxygen atoms in total. The molecule has 1 atom stereocenters. The Kier molecular flexibility index (Phi) is 11.2. The molecule has 0 spiro atoms. The van der Waals surface area contributed by atoms with E-state index in [1.807, 2.05) is 34.6 Å². The minimum Gasteiger partial charge on any atom is -0.354 e. The monoisotopic (exact) mass is 617 g/mol. The molecule has 41 heavy (non-hydrogen) atoms. The van der Waals surface area contributed by atoms with Gasteiger partial charge in [0, 0.05) is 23.1 Å². The van der Waals surface area contributed by atoms with E-state index in [4.69, 9.17) is 23.2 Å². The lowest BCUT2D eigenvalue weighted by atomic mass is 10.1. The summed E-state index contributed by atoms with van der Waals surface area (Å²) < 4.78 is 29.0. The van der Waals surface area contributed by atoms with Crippen LogP contribution in [0.25, 0.3) is 0 Å². The Morgan fingerprint density at radius 1 is 0.927 bits per heavy atom. The summed E-state index contributed by atoms with van der Waals surface area (Å²) in [6.07, 6.45) is 0.338. The van der Waals surface area contributed by atoms with Gasteiger partial charge in [0.05, 0.1) is 10.6 Å². The third-order valence-corrected chi connectivity index (χ3v) is 9.12. The highest BCUT2D eigenvalue weighted by Gasteiger charge is 2.33. The number of sulfonamides is 1. The molecule has 2 amide bonds. The molecule has 220 valence electrons. The van der Waals surface area contributed by atoms with Crippen LogP contribution in [-0.2, 0) is 26.2 Å². The second-order valence-corrected chi connectivity index (χ2v) is 13.2. The van der Waals surface area contributed by atoms with Gasteiger partial charge in [0.2, 0.25) is 11.8 Å².